The SMILES string of the molecule is CCCc1nc(N)cc(Sc2ncc[nH]2)n1. The van der Waals surface area contributed by atoms with Gasteiger partial charge in [0.25, 0.3) is 0 Å². The number of hydrogen-bond acceptors (Lipinski definition) is 5. The molecule has 3 N–H and O–H groups in total. The van der Waals surface area contributed by atoms with Crippen LogP contribution in [0.25, 0.3) is 0 Å². The molecule has 0 aliphatic heterocycles. The van der Waals surface area contributed by atoms with Crippen molar-refractivity contribution in [1.29, 1.82) is 0 Å². The second-order valence-electron chi connectivity index (χ2n) is 3.29. The van der Waals surface area contributed by atoms with E-state index in [1.54, 1.807) is 18.5 Å². The third-order valence-electron chi connectivity index (χ3n) is 1.92. The number of imidazole rings is 1. The Morgan fingerprint density at radius 3 is 3.00 bits per heavy atom. The van der Waals surface area contributed by atoms with Gasteiger partial charge in [0.05, 0.1) is 0 Å². The highest BCUT2D eigenvalue weighted by Crippen LogP contribution is 2.23. The number of nitrogens with one attached hydrogen (secondary N) is 1. The van der Waals surface area contributed by atoms with Crippen LogP contribution in [0.5, 0.6) is 0 Å². The molecular formula is C10H13N5S. The Morgan fingerprint density at radius 1 is 1.44 bits per heavy atom. The molecule has 0 amide bonds. The van der Waals surface area contributed by atoms with E-state index in [0.717, 1.165) is 28.8 Å². The van der Waals surface area contributed by atoms with Gasteiger partial charge in [0.2, 0.25) is 0 Å². The van der Waals surface area contributed by atoms with Gasteiger partial charge in [-0.2, -0.15) is 0 Å². The van der Waals surface area contributed by atoms with Crippen LogP contribution >= 0.6 is 11.8 Å². The predicted molar refractivity (Wildman–Crippen MR) is 63.2 cm³/mol. The van der Waals surface area contributed by atoms with Gasteiger partial charge in [-0.1, -0.05) is 6.92 Å². The summed E-state index contributed by atoms with van der Waals surface area (Å²) in [6.07, 6.45) is 5.34. The highest BCUT2D eigenvalue weighted by atomic mass is 32.2. The first kappa shape index (κ1) is 10.9. The summed E-state index contributed by atoms with van der Waals surface area (Å²) < 4.78 is 0. The molecule has 2 heterocycles. The van der Waals surface area contributed by atoms with E-state index in [2.05, 4.69) is 26.9 Å². The van der Waals surface area contributed by atoms with Crippen LogP contribution in [0.4, 0.5) is 5.82 Å². The van der Waals surface area contributed by atoms with Crippen molar-refractivity contribution in [2.24, 2.45) is 0 Å². The average molecular weight is 235 g/mol. The highest BCUT2D eigenvalue weighted by Gasteiger charge is 2.05. The Labute approximate surface area is 97.9 Å². The minimum absolute atomic E-state index is 0.507. The maximum atomic E-state index is 5.72. The lowest BCUT2D eigenvalue weighted by atomic mass is 10.3. The number of hydrogen-bond donors (Lipinski definition) is 2. The number of anilines is 1. The van der Waals surface area contributed by atoms with Crippen LogP contribution in [0.15, 0.2) is 28.6 Å². The maximum Gasteiger partial charge on any atom is 0.171 e. The average Bonchev–Trinajstić information content (AvgIpc) is 2.70. The first-order valence-electron chi connectivity index (χ1n) is 5.08. The Balaban J connectivity index is 2.20. The van der Waals surface area contributed by atoms with Crippen LogP contribution in [0.2, 0.25) is 0 Å². The third-order valence-corrected chi connectivity index (χ3v) is 2.75. The smallest absolute Gasteiger partial charge is 0.171 e. The normalized spacial score (nSPS) is 10.6. The molecule has 2 rings (SSSR count). The number of rotatable bonds is 4. The van der Waals surface area contributed by atoms with Crippen molar-refractivity contribution in [2.75, 3.05) is 5.73 Å². The van der Waals surface area contributed by atoms with E-state index in [-0.39, 0.29) is 0 Å². The number of aromatic nitrogens is 4. The zero-order valence-electron chi connectivity index (χ0n) is 8.97. The number of aryl methyl sites for hydroxylation is 1. The second kappa shape index (κ2) is 4.98. The van der Waals surface area contributed by atoms with E-state index in [9.17, 15) is 0 Å². The van der Waals surface area contributed by atoms with E-state index < -0.39 is 0 Å². The molecule has 2 aromatic heterocycles. The zero-order valence-corrected chi connectivity index (χ0v) is 9.79. The van der Waals surface area contributed by atoms with Crippen LogP contribution in [0.3, 0.4) is 0 Å². The summed E-state index contributed by atoms with van der Waals surface area (Å²) in [6.45, 7) is 2.09. The largest absolute Gasteiger partial charge is 0.384 e. The van der Waals surface area contributed by atoms with E-state index in [0.29, 0.717) is 5.82 Å². The van der Waals surface area contributed by atoms with Gasteiger partial charge in [-0.3, -0.25) is 0 Å². The molecule has 0 unspecified atom stereocenters. The van der Waals surface area contributed by atoms with Crippen molar-refractivity contribution >= 4 is 17.6 Å². The molecular weight excluding hydrogens is 222 g/mol. The molecule has 0 spiro atoms. The van der Waals surface area contributed by atoms with Crippen molar-refractivity contribution in [1.82, 2.24) is 19.9 Å². The van der Waals surface area contributed by atoms with Gasteiger partial charge in [-0.15, -0.1) is 0 Å². The number of aromatic amines is 1. The van der Waals surface area contributed by atoms with Crippen molar-refractivity contribution < 1.29 is 0 Å². The van der Waals surface area contributed by atoms with Gasteiger partial charge in [0, 0.05) is 24.9 Å². The fraction of sp³-hybridized carbons (Fsp3) is 0.300. The van der Waals surface area contributed by atoms with Crippen molar-refractivity contribution in [3.63, 3.8) is 0 Å². The lowest BCUT2D eigenvalue weighted by Crippen LogP contribution is -2.00. The van der Waals surface area contributed by atoms with Gasteiger partial charge in [-0.25, -0.2) is 15.0 Å². The summed E-state index contributed by atoms with van der Waals surface area (Å²) in [5, 5.41) is 1.63. The van der Waals surface area contributed by atoms with E-state index in [4.69, 9.17) is 5.73 Å². The summed E-state index contributed by atoms with van der Waals surface area (Å²) >= 11 is 1.45. The Hall–Kier alpha value is -1.56. The number of H-pyrrole nitrogens is 1. The van der Waals surface area contributed by atoms with E-state index in [1.807, 2.05) is 0 Å². The molecule has 0 fully saturated rings. The lowest BCUT2D eigenvalue weighted by molar-refractivity contribution is 0.812. The molecule has 0 aliphatic rings. The summed E-state index contributed by atoms with van der Waals surface area (Å²) in [7, 11) is 0. The summed E-state index contributed by atoms with van der Waals surface area (Å²) in [5.41, 5.74) is 5.72. The summed E-state index contributed by atoms with van der Waals surface area (Å²) in [5.74, 6) is 1.30. The maximum absolute atomic E-state index is 5.72. The molecule has 5 nitrogen and oxygen atoms in total. The predicted octanol–water partition coefficient (Wildman–Crippen LogP) is 1.89. The summed E-state index contributed by atoms with van der Waals surface area (Å²) in [4.78, 5) is 15.7. The van der Waals surface area contributed by atoms with Gasteiger partial charge in [-0.05, 0) is 18.2 Å². The third kappa shape index (κ3) is 2.73. The number of nitrogens with two attached hydrogens (primary N) is 1. The van der Waals surface area contributed by atoms with Gasteiger partial charge in [0.1, 0.15) is 16.7 Å². The van der Waals surface area contributed by atoms with Crippen molar-refractivity contribution in [3.05, 3.63) is 24.3 Å². The number of nitrogen functional groups attached to an aromatic ring is 1. The fourth-order valence-electron chi connectivity index (χ4n) is 1.29. The first-order chi connectivity index (χ1) is 7.78. The fourth-order valence-corrected chi connectivity index (χ4v) is 2.05. The van der Waals surface area contributed by atoms with Crippen LogP contribution < -0.4 is 5.73 Å². The van der Waals surface area contributed by atoms with E-state index >= 15 is 0 Å². The van der Waals surface area contributed by atoms with Crippen LogP contribution in [-0.2, 0) is 6.42 Å². The topological polar surface area (TPSA) is 80.5 Å². The lowest BCUT2D eigenvalue weighted by Gasteiger charge is -2.03. The molecule has 0 saturated heterocycles. The Bertz CT molecular complexity index is 454. The van der Waals surface area contributed by atoms with Crippen molar-refractivity contribution in [2.45, 2.75) is 29.9 Å². The van der Waals surface area contributed by atoms with Gasteiger partial charge < -0.3 is 10.7 Å². The zero-order chi connectivity index (χ0) is 11.4. The Morgan fingerprint density at radius 2 is 2.31 bits per heavy atom. The molecule has 0 atom stereocenters. The van der Waals surface area contributed by atoms with Crippen molar-refractivity contribution in [3.8, 4) is 0 Å². The molecule has 84 valence electrons. The minimum Gasteiger partial charge on any atom is -0.384 e. The number of nitrogens with zero attached hydrogens (tertiary/aromatic N) is 3. The molecule has 0 radical (unpaired) electrons. The standard InChI is InChI=1S/C10H13N5S/c1-2-3-8-14-7(11)6-9(15-8)16-10-12-4-5-13-10/h4-6H,2-3H2,1H3,(H,12,13)(H2,11,14,15). The van der Waals surface area contributed by atoms with Gasteiger partial charge in [0.15, 0.2) is 5.16 Å². The quantitative estimate of drug-likeness (QED) is 0.791. The second-order valence-corrected chi connectivity index (χ2v) is 4.30. The van der Waals surface area contributed by atoms with Gasteiger partial charge >= 0.3 is 0 Å². The van der Waals surface area contributed by atoms with E-state index in [1.165, 1.54) is 11.8 Å². The molecule has 6 heteroatoms. The molecule has 0 saturated carbocycles. The monoisotopic (exact) mass is 235 g/mol. The molecule has 0 aliphatic carbocycles. The Kier molecular flexibility index (Phi) is 3.40. The van der Waals surface area contributed by atoms with Crippen LogP contribution in [0, 0.1) is 0 Å². The highest BCUT2D eigenvalue weighted by molar-refractivity contribution is 7.99. The van der Waals surface area contributed by atoms with Crippen LogP contribution in [0.1, 0.15) is 19.2 Å². The summed E-state index contributed by atoms with van der Waals surface area (Å²) in [6, 6.07) is 1.76. The molecule has 0 bridgehead atoms. The molecule has 2 aromatic rings. The van der Waals surface area contributed by atoms with Crippen LogP contribution in [-0.4, -0.2) is 19.9 Å². The minimum atomic E-state index is 0.507. The molecule has 16 heavy (non-hydrogen) atoms. The molecule has 0 aromatic carbocycles. The first-order valence-corrected chi connectivity index (χ1v) is 5.90.